The van der Waals surface area contributed by atoms with E-state index < -0.39 is 0 Å². The van der Waals surface area contributed by atoms with Crippen molar-refractivity contribution in [1.29, 1.82) is 5.26 Å². The van der Waals surface area contributed by atoms with Crippen LogP contribution in [0.15, 0.2) is 48.7 Å². The fourth-order valence-electron chi connectivity index (χ4n) is 2.14. The number of anilines is 1. The van der Waals surface area contributed by atoms with Crippen LogP contribution in [0.2, 0.25) is 5.02 Å². The highest BCUT2D eigenvalue weighted by atomic mass is 35.5. The summed E-state index contributed by atoms with van der Waals surface area (Å²) in [6, 6.07) is 15.8. The number of fused-ring (bicyclic) bond motifs is 1. The maximum absolute atomic E-state index is 8.96. The van der Waals surface area contributed by atoms with Gasteiger partial charge < -0.3 is 10.3 Å². The number of halogens is 1. The van der Waals surface area contributed by atoms with Crippen LogP contribution in [0.25, 0.3) is 10.9 Å². The van der Waals surface area contributed by atoms with Crippen molar-refractivity contribution >= 4 is 28.2 Å². The van der Waals surface area contributed by atoms with Crippen molar-refractivity contribution < 1.29 is 0 Å². The predicted octanol–water partition coefficient (Wildman–Crippen LogP) is 4.31. The van der Waals surface area contributed by atoms with Crippen molar-refractivity contribution in [2.24, 2.45) is 0 Å². The second-order valence-electron chi connectivity index (χ2n) is 4.56. The van der Waals surface area contributed by atoms with Gasteiger partial charge in [-0.25, -0.2) is 0 Å². The lowest BCUT2D eigenvalue weighted by Gasteiger charge is -2.07. The molecule has 0 radical (unpaired) electrons. The van der Waals surface area contributed by atoms with Crippen molar-refractivity contribution in [3.05, 3.63) is 64.8 Å². The predicted molar refractivity (Wildman–Crippen MR) is 81.8 cm³/mol. The third-order valence-corrected chi connectivity index (χ3v) is 3.53. The maximum Gasteiger partial charge on any atom is 0.101 e. The van der Waals surface area contributed by atoms with Gasteiger partial charge in [0.1, 0.15) is 6.07 Å². The molecule has 3 nitrogen and oxygen atoms in total. The fourth-order valence-corrected chi connectivity index (χ4v) is 2.30. The molecule has 0 spiro atoms. The SMILES string of the molecule is N#Cc1cc(NCc2ccc3[nH]ccc3c2)ccc1Cl. The molecule has 0 atom stereocenters. The van der Waals surface area contributed by atoms with Crippen LogP contribution in [0.1, 0.15) is 11.1 Å². The second-order valence-corrected chi connectivity index (χ2v) is 4.97. The molecule has 98 valence electrons. The van der Waals surface area contributed by atoms with E-state index in [1.54, 1.807) is 12.1 Å². The average molecular weight is 282 g/mol. The number of H-pyrrole nitrogens is 1. The van der Waals surface area contributed by atoms with E-state index in [9.17, 15) is 0 Å². The Hall–Kier alpha value is -2.44. The van der Waals surface area contributed by atoms with Gasteiger partial charge in [0.15, 0.2) is 0 Å². The summed E-state index contributed by atoms with van der Waals surface area (Å²) >= 11 is 5.91. The minimum absolute atomic E-state index is 0.479. The molecule has 0 aliphatic rings. The number of hydrogen-bond donors (Lipinski definition) is 2. The third kappa shape index (κ3) is 2.47. The maximum atomic E-state index is 8.96. The first-order chi connectivity index (χ1) is 9.76. The molecule has 0 saturated carbocycles. The molecule has 0 amide bonds. The number of hydrogen-bond acceptors (Lipinski definition) is 2. The van der Waals surface area contributed by atoms with E-state index in [1.807, 2.05) is 12.3 Å². The van der Waals surface area contributed by atoms with Gasteiger partial charge in [0.2, 0.25) is 0 Å². The van der Waals surface area contributed by atoms with Gasteiger partial charge in [0.05, 0.1) is 10.6 Å². The molecule has 1 heterocycles. The quantitative estimate of drug-likeness (QED) is 0.752. The molecule has 4 heteroatoms. The van der Waals surface area contributed by atoms with Crippen LogP contribution in [0.3, 0.4) is 0 Å². The number of nitriles is 1. The molecule has 1 aromatic heterocycles. The lowest BCUT2D eigenvalue weighted by Crippen LogP contribution is -1.99. The van der Waals surface area contributed by atoms with Crippen LogP contribution in [0.4, 0.5) is 5.69 Å². The number of nitrogens with one attached hydrogen (secondary N) is 2. The number of nitrogens with zero attached hydrogens (tertiary/aromatic N) is 1. The van der Waals surface area contributed by atoms with Crippen LogP contribution in [-0.4, -0.2) is 4.98 Å². The fraction of sp³-hybridized carbons (Fsp3) is 0.0625. The molecule has 0 unspecified atom stereocenters. The zero-order valence-corrected chi connectivity index (χ0v) is 11.4. The van der Waals surface area contributed by atoms with Gasteiger partial charge in [-0.1, -0.05) is 17.7 Å². The monoisotopic (exact) mass is 281 g/mol. The standard InChI is InChI=1S/C16H12ClN3/c17-15-3-2-14(8-13(15)9-18)20-10-11-1-4-16-12(7-11)5-6-19-16/h1-8,19-20H,10H2. The summed E-state index contributed by atoms with van der Waals surface area (Å²) in [4.78, 5) is 3.17. The van der Waals surface area contributed by atoms with E-state index >= 15 is 0 Å². The Kier molecular flexibility index (Phi) is 3.32. The molecule has 3 aromatic rings. The Bertz CT molecular complexity index is 799. The van der Waals surface area contributed by atoms with Gasteiger partial charge >= 0.3 is 0 Å². The van der Waals surface area contributed by atoms with Crippen molar-refractivity contribution in [1.82, 2.24) is 4.98 Å². The van der Waals surface area contributed by atoms with E-state index in [0.29, 0.717) is 17.1 Å². The molecule has 2 aromatic carbocycles. The molecule has 20 heavy (non-hydrogen) atoms. The highest BCUT2D eigenvalue weighted by molar-refractivity contribution is 6.31. The van der Waals surface area contributed by atoms with Crippen molar-refractivity contribution in [2.45, 2.75) is 6.54 Å². The van der Waals surface area contributed by atoms with Crippen LogP contribution >= 0.6 is 11.6 Å². The summed E-state index contributed by atoms with van der Waals surface area (Å²) in [6.07, 6.45) is 1.93. The van der Waals surface area contributed by atoms with Gasteiger partial charge in [-0.3, -0.25) is 0 Å². The van der Waals surface area contributed by atoms with Crippen LogP contribution in [-0.2, 0) is 6.54 Å². The van der Waals surface area contributed by atoms with E-state index in [2.05, 4.69) is 40.6 Å². The van der Waals surface area contributed by atoms with Gasteiger partial charge in [-0.15, -0.1) is 0 Å². The molecular weight excluding hydrogens is 270 g/mol. The number of rotatable bonds is 3. The van der Waals surface area contributed by atoms with Crippen LogP contribution in [0, 0.1) is 11.3 Å². The van der Waals surface area contributed by atoms with Crippen molar-refractivity contribution in [3.8, 4) is 6.07 Å². The molecule has 0 aliphatic heterocycles. The third-order valence-electron chi connectivity index (χ3n) is 3.20. The largest absolute Gasteiger partial charge is 0.381 e. The zero-order valence-electron chi connectivity index (χ0n) is 10.7. The van der Waals surface area contributed by atoms with E-state index in [-0.39, 0.29) is 0 Å². The summed E-state index contributed by atoms with van der Waals surface area (Å²) in [5.41, 5.74) is 3.69. The van der Waals surface area contributed by atoms with Gasteiger partial charge in [0.25, 0.3) is 0 Å². The summed E-state index contributed by atoms with van der Waals surface area (Å²) in [5, 5.41) is 13.9. The summed E-state index contributed by atoms with van der Waals surface area (Å²) < 4.78 is 0. The number of benzene rings is 2. The Morgan fingerprint density at radius 1 is 1.15 bits per heavy atom. The lowest BCUT2D eigenvalue weighted by molar-refractivity contribution is 1.15. The number of aromatic amines is 1. The lowest BCUT2D eigenvalue weighted by atomic mass is 10.1. The Morgan fingerprint density at radius 2 is 2.05 bits per heavy atom. The highest BCUT2D eigenvalue weighted by Crippen LogP contribution is 2.21. The molecule has 0 fully saturated rings. The van der Waals surface area contributed by atoms with E-state index in [1.165, 1.54) is 10.9 Å². The second kappa shape index (κ2) is 5.28. The molecular formula is C16H12ClN3. The van der Waals surface area contributed by atoms with Crippen LogP contribution in [0.5, 0.6) is 0 Å². The number of aromatic nitrogens is 1. The smallest absolute Gasteiger partial charge is 0.101 e. The minimum Gasteiger partial charge on any atom is -0.381 e. The minimum atomic E-state index is 0.479. The Morgan fingerprint density at radius 3 is 2.90 bits per heavy atom. The molecule has 0 bridgehead atoms. The average Bonchev–Trinajstić information content (AvgIpc) is 2.94. The highest BCUT2D eigenvalue weighted by Gasteiger charge is 2.02. The normalized spacial score (nSPS) is 10.4. The van der Waals surface area contributed by atoms with E-state index in [0.717, 1.165) is 11.2 Å². The Balaban J connectivity index is 1.77. The van der Waals surface area contributed by atoms with Crippen molar-refractivity contribution in [2.75, 3.05) is 5.32 Å². The molecule has 2 N–H and O–H groups in total. The van der Waals surface area contributed by atoms with Crippen LogP contribution < -0.4 is 5.32 Å². The first-order valence-corrected chi connectivity index (χ1v) is 6.63. The first-order valence-electron chi connectivity index (χ1n) is 6.26. The summed E-state index contributed by atoms with van der Waals surface area (Å²) in [6.45, 7) is 0.702. The van der Waals surface area contributed by atoms with E-state index in [4.69, 9.17) is 16.9 Å². The van der Waals surface area contributed by atoms with Crippen molar-refractivity contribution in [3.63, 3.8) is 0 Å². The topological polar surface area (TPSA) is 51.6 Å². The first kappa shape index (κ1) is 12.6. The summed E-state index contributed by atoms with van der Waals surface area (Å²) in [5.74, 6) is 0. The van der Waals surface area contributed by atoms with Gasteiger partial charge in [0, 0.05) is 23.9 Å². The summed E-state index contributed by atoms with van der Waals surface area (Å²) in [7, 11) is 0. The Labute approximate surface area is 121 Å². The van der Waals surface area contributed by atoms with Gasteiger partial charge in [-0.2, -0.15) is 5.26 Å². The molecule has 0 aliphatic carbocycles. The molecule has 3 rings (SSSR count). The van der Waals surface area contributed by atoms with Gasteiger partial charge in [-0.05, 0) is 47.3 Å². The zero-order chi connectivity index (χ0) is 13.9. The molecule has 0 saturated heterocycles.